The Hall–Kier alpha value is -1.93. The number of piperidine rings is 1. The van der Waals surface area contributed by atoms with E-state index in [9.17, 15) is 18.0 Å². The summed E-state index contributed by atoms with van der Waals surface area (Å²) in [5.41, 5.74) is 5.57. The smallest absolute Gasteiger partial charge is 0.338 e. The fourth-order valence-electron chi connectivity index (χ4n) is 2.52. The second-order valence-electron chi connectivity index (χ2n) is 5.35. The SMILES string of the molecule is CCOC(=O)c1ccc(S(=O)(=O)N2CCC[C@H](C(N)=O)C2)cc1. The van der Waals surface area contributed by atoms with Crippen LogP contribution in [0.4, 0.5) is 0 Å². The Morgan fingerprint density at radius 1 is 1.30 bits per heavy atom. The van der Waals surface area contributed by atoms with Crippen molar-refractivity contribution in [3.63, 3.8) is 0 Å². The molecule has 23 heavy (non-hydrogen) atoms. The van der Waals surface area contributed by atoms with Gasteiger partial charge in [-0.25, -0.2) is 13.2 Å². The number of sulfonamides is 1. The predicted molar refractivity (Wildman–Crippen MR) is 83.1 cm³/mol. The van der Waals surface area contributed by atoms with Gasteiger partial charge in [-0.2, -0.15) is 4.31 Å². The summed E-state index contributed by atoms with van der Waals surface area (Å²) in [5, 5.41) is 0. The highest BCUT2D eigenvalue weighted by molar-refractivity contribution is 7.89. The lowest BCUT2D eigenvalue weighted by atomic mass is 9.99. The van der Waals surface area contributed by atoms with Crippen LogP contribution in [-0.2, 0) is 19.6 Å². The van der Waals surface area contributed by atoms with Gasteiger partial charge in [-0.15, -0.1) is 0 Å². The third kappa shape index (κ3) is 3.89. The van der Waals surface area contributed by atoms with E-state index in [1.54, 1.807) is 6.92 Å². The number of nitrogens with two attached hydrogens (primary N) is 1. The third-order valence-corrected chi connectivity index (χ3v) is 5.67. The van der Waals surface area contributed by atoms with Crippen molar-refractivity contribution in [3.8, 4) is 0 Å². The van der Waals surface area contributed by atoms with E-state index in [-0.39, 0.29) is 18.0 Å². The molecule has 0 spiro atoms. The molecule has 2 rings (SSSR count). The van der Waals surface area contributed by atoms with Crippen LogP contribution in [0.15, 0.2) is 29.2 Å². The molecular weight excluding hydrogens is 320 g/mol. The lowest BCUT2D eigenvalue weighted by molar-refractivity contribution is -0.122. The third-order valence-electron chi connectivity index (χ3n) is 3.79. The van der Waals surface area contributed by atoms with Gasteiger partial charge < -0.3 is 10.5 Å². The summed E-state index contributed by atoms with van der Waals surface area (Å²) in [6, 6.07) is 5.58. The molecule has 1 atom stereocenters. The van der Waals surface area contributed by atoms with Gasteiger partial charge in [0, 0.05) is 13.1 Å². The lowest BCUT2D eigenvalue weighted by Gasteiger charge is -2.30. The van der Waals surface area contributed by atoms with Crippen LogP contribution in [0.3, 0.4) is 0 Å². The zero-order valence-electron chi connectivity index (χ0n) is 12.9. The van der Waals surface area contributed by atoms with E-state index in [4.69, 9.17) is 10.5 Å². The Labute approximate surface area is 135 Å². The highest BCUT2D eigenvalue weighted by Crippen LogP contribution is 2.24. The molecule has 1 aliphatic heterocycles. The van der Waals surface area contributed by atoms with Gasteiger partial charge in [0.2, 0.25) is 15.9 Å². The molecule has 1 aromatic carbocycles. The topological polar surface area (TPSA) is 107 Å². The highest BCUT2D eigenvalue weighted by atomic mass is 32.2. The Bertz CT molecular complexity index is 684. The van der Waals surface area contributed by atoms with Gasteiger partial charge in [0.1, 0.15) is 0 Å². The normalized spacial score (nSPS) is 19.3. The molecule has 1 amide bonds. The molecule has 0 saturated carbocycles. The summed E-state index contributed by atoms with van der Waals surface area (Å²) in [5.74, 6) is -1.44. The average molecular weight is 340 g/mol. The summed E-state index contributed by atoms with van der Waals surface area (Å²) in [6.45, 7) is 2.40. The van der Waals surface area contributed by atoms with Crippen LogP contribution in [0.1, 0.15) is 30.1 Å². The fourth-order valence-corrected chi connectivity index (χ4v) is 4.04. The van der Waals surface area contributed by atoms with Gasteiger partial charge in [0.25, 0.3) is 0 Å². The molecule has 0 aliphatic carbocycles. The van der Waals surface area contributed by atoms with Gasteiger partial charge in [0.05, 0.1) is 23.0 Å². The first kappa shape index (κ1) is 17.4. The largest absolute Gasteiger partial charge is 0.462 e. The number of hydrogen-bond acceptors (Lipinski definition) is 5. The average Bonchev–Trinajstić information content (AvgIpc) is 2.55. The summed E-state index contributed by atoms with van der Waals surface area (Å²) in [6.07, 6.45) is 1.19. The second-order valence-corrected chi connectivity index (χ2v) is 7.29. The van der Waals surface area contributed by atoms with Crippen molar-refractivity contribution in [3.05, 3.63) is 29.8 Å². The molecule has 1 aromatic rings. The van der Waals surface area contributed by atoms with Crippen LogP contribution in [0, 0.1) is 5.92 Å². The molecular formula is C15H20N2O5S. The van der Waals surface area contributed by atoms with Crippen molar-refractivity contribution in [2.24, 2.45) is 11.7 Å². The van der Waals surface area contributed by atoms with E-state index in [0.717, 1.165) is 0 Å². The summed E-state index contributed by atoms with van der Waals surface area (Å²) >= 11 is 0. The zero-order chi connectivity index (χ0) is 17.0. The number of hydrogen-bond donors (Lipinski definition) is 1. The first-order valence-corrected chi connectivity index (χ1v) is 8.87. The molecule has 2 N–H and O–H groups in total. The molecule has 1 fully saturated rings. The number of benzene rings is 1. The van der Waals surface area contributed by atoms with Crippen LogP contribution in [0.25, 0.3) is 0 Å². The molecule has 0 bridgehead atoms. The Kier molecular flexibility index (Phi) is 5.38. The van der Waals surface area contributed by atoms with Gasteiger partial charge in [-0.1, -0.05) is 0 Å². The Morgan fingerprint density at radius 3 is 2.52 bits per heavy atom. The van der Waals surface area contributed by atoms with Crippen molar-refractivity contribution in [2.45, 2.75) is 24.7 Å². The first-order chi connectivity index (χ1) is 10.9. The molecule has 8 heteroatoms. The molecule has 7 nitrogen and oxygen atoms in total. The number of esters is 1. The predicted octanol–water partition coefficient (Wildman–Crippen LogP) is 0.749. The van der Waals surface area contributed by atoms with Crippen LogP contribution in [0.2, 0.25) is 0 Å². The van der Waals surface area contributed by atoms with Crippen LogP contribution < -0.4 is 5.73 Å². The number of primary amides is 1. The van der Waals surface area contributed by atoms with Crippen LogP contribution in [-0.4, -0.2) is 44.3 Å². The van der Waals surface area contributed by atoms with Gasteiger partial charge in [-0.3, -0.25) is 4.79 Å². The minimum absolute atomic E-state index is 0.0793. The molecule has 0 aromatic heterocycles. The van der Waals surface area contributed by atoms with Gasteiger partial charge >= 0.3 is 5.97 Å². The minimum Gasteiger partial charge on any atom is -0.462 e. The molecule has 0 unspecified atom stereocenters. The molecule has 1 saturated heterocycles. The van der Waals surface area contributed by atoms with E-state index in [1.165, 1.54) is 28.6 Å². The quantitative estimate of drug-likeness (QED) is 0.796. The van der Waals surface area contributed by atoms with E-state index in [0.29, 0.717) is 24.9 Å². The Morgan fingerprint density at radius 2 is 1.96 bits per heavy atom. The Balaban J connectivity index is 2.19. The molecule has 126 valence electrons. The molecule has 1 aliphatic rings. The minimum atomic E-state index is -3.71. The van der Waals surface area contributed by atoms with Crippen molar-refractivity contribution < 1.29 is 22.7 Å². The fraction of sp³-hybridized carbons (Fsp3) is 0.467. The molecule has 0 radical (unpaired) electrons. The monoisotopic (exact) mass is 340 g/mol. The summed E-state index contributed by atoms with van der Waals surface area (Å²) in [4.78, 5) is 23.0. The number of carbonyl (C=O) groups is 2. The van der Waals surface area contributed by atoms with Crippen molar-refractivity contribution in [2.75, 3.05) is 19.7 Å². The lowest BCUT2D eigenvalue weighted by Crippen LogP contribution is -2.44. The number of amides is 1. The van der Waals surface area contributed by atoms with Gasteiger partial charge in [-0.05, 0) is 44.0 Å². The van der Waals surface area contributed by atoms with Crippen LogP contribution in [0.5, 0.6) is 0 Å². The number of rotatable bonds is 5. The second kappa shape index (κ2) is 7.10. The van der Waals surface area contributed by atoms with E-state index in [1.807, 2.05) is 0 Å². The van der Waals surface area contributed by atoms with Gasteiger partial charge in [0.15, 0.2) is 0 Å². The maximum atomic E-state index is 12.6. The van der Waals surface area contributed by atoms with E-state index in [2.05, 4.69) is 0 Å². The number of nitrogens with zero attached hydrogens (tertiary/aromatic N) is 1. The summed E-state index contributed by atoms with van der Waals surface area (Å²) in [7, 11) is -3.71. The van der Waals surface area contributed by atoms with E-state index >= 15 is 0 Å². The van der Waals surface area contributed by atoms with Crippen molar-refractivity contribution in [1.29, 1.82) is 0 Å². The zero-order valence-corrected chi connectivity index (χ0v) is 13.7. The molecule has 1 heterocycles. The summed E-state index contributed by atoms with van der Waals surface area (Å²) < 4.78 is 31.4. The number of ether oxygens (including phenoxy) is 1. The maximum Gasteiger partial charge on any atom is 0.338 e. The van der Waals surface area contributed by atoms with E-state index < -0.39 is 27.8 Å². The highest BCUT2D eigenvalue weighted by Gasteiger charge is 2.32. The first-order valence-electron chi connectivity index (χ1n) is 7.43. The van der Waals surface area contributed by atoms with Crippen LogP contribution >= 0.6 is 0 Å². The van der Waals surface area contributed by atoms with Crippen molar-refractivity contribution in [1.82, 2.24) is 4.31 Å². The van der Waals surface area contributed by atoms with Crippen molar-refractivity contribution >= 4 is 21.9 Å². The standard InChI is InChI=1S/C15H20N2O5S/c1-2-22-15(19)11-5-7-13(8-6-11)23(20,21)17-9-3-4-12(10-17)14(16)18/h5-8,12H,2-4,9-10H2,1H3,(H2,16,18)/t12-/m0/s1. The number of carbonyl (C=O) groups excluding carboxylic acids is 2. The maximum absolute atomic E-state index is 12.6.